The first-order chi connectivity index (χ1) is 5.70. The van der Waals surface area contributed by atoms with E-state index >= 15 is 0 Å². The lowest BCUT2D eigenvalue weighted by Crippen LogP contribution is -1.91. The number of benzene rings is 1. The second kappa shape index (κ2) is 2.74. The molecule has 0 bridgehead atoms. The Morgan fingerprint density at radius 2 is 2.25 bits per heavy atom. The second-order valence-corrected chi connectivity index (χ2v) is 3.87. The molecule has 2 rings (SSSR count). The first-order valence-corrected chi connectivity index (χ1v) is 4.56. The summed E-state index contributed by atoms with van der Waals surface area (Å²) in [6, 6.07) is 5.14. The van der Waals surface area contributed by atoms with Crippen LogP contribution in [-0.4, -0.2) is 0 Å². The summed E-state index contributed by atoms with van der Waals surface area (Å²) in [5.41, 5.74) is 1.79. The fraction of sp³-hybridized carbons (Fsp3) is 0.400. The molecule has 0 saturated heterocycles. The van der Waals surface area contributed by atoms with Crippen molar-refractivity contribution in [3.63, 3.8) is 0 Å². The summed E-state index contributed by atoms with van der Waals surface area (Å²) in [5, 5.41) is 0.00528. The van der Waals surface area contributed by atoms with Gasteiger partial charge in [0.05, 0.1) is 5.38 Å². The topological polar surface area (TPSA) is 0 Å². The van der Waals surface area contributed by atoms with Crippen molar-refractivity contribution in [3.05, 3.63) is 35.1 Å². The highest BCUT2D eigenvalue weighted by Gasteiger charge is 2.28. The van der Waals surface area contributed by atoms with Gasteiger partial charge in [-0.3, -0.25) is 0 Å². The Hall–Kier alpha value is -0.560. The third-order valence-corrected chi connectivity index (χ3v) is 2.89. The molecule has 1 aromatic carbocycles. The predicted octanol–water partition coefficient (Wildman–Crippen LogP) is 3.61. The van der Waals surface area contributed by atoms with Gasteiger partial charge in [-0.1, -0.05) is 19.1 Å². The maximum Gasteiger partial charge on any atom is 0.126 e. The highest BCUT2D eigenvalue weighted by atomic mass is 35.5. The largest absolute Gasteiger partial charge is 0.207 e. The van der Waals surface area contributed by atoms with Gasteiger partial charge in [0.25, 0.3) is 0 Å². The van der Waals surface area contributed by atoms with Crippen molar-refractivity contribution in [2.24, 2.45) is 0 Å². The summed E-state index contributed by atoms with van der Waals surface area (Å²) in [7, 11) is 0. The van der Waals surface area contributed by atoms with E-state index in [0.717, 1.165) is 17.5 Å². The molecule has 0 N–H and O–H groups in total. The average Bonchev–Trinajstić information content (AvgIpc) is 2.29. The van der Waals surface area contributed by atoms with Crippen LogP contribution in [-0.2, 0) is 0 Å². The quantitative estimate of drug-likeness (QED) is 0.541. The van der Waals surface area contributed by atoms with Gasteiger partial charge in [0.1, 0.15) is 5.82 Å². The fourth-order valence-corrected chi connectivity index (χ4v) is 2.36. The summed E-state index contributed by atoms with van der Waals surface area (Å²) in [6.07, 6.45) is 0.859. The first-order valence-electron chi connectivity index (χ1n) is 4.12. The summed E-state index contributed by atoms with van der Waals surface area (Å²) in [6.45, 7) is 2.02. The lowest BCUT2D eigenvalue weighted by atomic mass is 10.0. The minimum Gasteiger partial charge on any atom is -0.207 e. The lowest BCUT2D eigenvalue weighted by molar-refractivity contribution is 0.595. The molecule has 0 saturated carbocycles. The van der Waals surface area contributed by atoms with Crippen molar-refractivity contribution in [1.29, 1.82) is 0 Å². The van der Waals surface area contributed by atoms with E-state index in [2.05, 4.69) is 0 Å². The molecule has 0 aromatic heterocycles. The molecular weight excluding hydrogens is 175 g/mol. The molecule has 0 radical (unpaired) electrons. The van der Waals surface area contributed by atoms with Crippen molar-refractivity contribution < 1.29 is 4.39 Å². The number of hydrogen-bond acceptors (Lipinski definition) is 0. The van der Waals surface area contributed by atoms with Crippen molar-refractivity contribution in [3.8, 4) is 0 Å². The van der Waals surface area contributed by atoms with E-state index in [1.807, 2.05) is 13.0 Å². The number of halogens is 2. The van der Waals surface area contributed by atoms with Crippen LogP contribution >= 0.6 is 11.6 Å². The Labute approximate surface area is 76.4 Å². The summed E-state index contributed by atoms with van der Waals surface area (Å²) >= 11 is 6.04. The minimum absolute atomic E-state index is 0.00528. The van der Waals surface area contributed by atoms with Crippen LogP contribution in [0, 0.1) is 5.82 Å². The van der Waals surface area contributed by atoms with E-state index in [4.69, 9.17) is 11.6 Å². The molecular formula is C10H10ClF. The molecule has 0 heterocycles. The van der Waals surface area contributed by atoms with Gasteiger partial charge in [0.15, 0.2) is 0 Å². The Kier molecular flexibility index (Phi) is 1.84. The third kappa shape index (κ3) is 1.04. The highest BCUT2D eigenvalue weighted by Crippen LogP contribution is 2.44. The SMILES string of the molecule is CC1CC(Cl)c2cccc(F)c21. The molecule has 1 aliphatic rings. The van der Waals surface area contributed by atoms with E-state index in [1.165, 1.54) is 6.07 Å². The van der Waals surface area contributed by atoms with E-state index < -0.39 is 0 Å². The monoisotopic (exact) mass is 184 g/mol. The van der Waals surface area contributed by atoms with Crippen LogP contribution in [0.25, 0.3) is 0 Å². The van der Waals surface area contributed by atoms with Crippen molar-refractivity contribution in [2.75, 3.05) is 0 Å². The lowest BCUT2D eigenvalue weighted by Gasteiger charge is -2.04. The molecule has 1 aliphatic carbocycles. The summed E-state index contributed by atoms with van der Waals surface area (Å²) in [4.78, 5) is 0. The van der Waals surface area contributed by atoms with E-state index in [9.17, 15) is 4.39 Å². The van der Waals surface area contributed by atoms with Crippen LogP contribution < -0.4 is 0 Å². The maximum atomic E-state index is 13.3. The zero-order chi connectivity index (χ0) is 8.72. The van der Waals surface area contributed by atoms with Gasteiger partial charge in [-0.2, -0.15) is 0 Å². The molecule has 0 nitrogen and oxygen atoms in total. The molecule has 0 aliphatic heterocycles. The van der Waals surface area contributed by atoms with Gasteiger partial charge in [-0.05, 0) is 29.5 Å². The van der Waals surface area contributed by atoms with E-state index in [-0.39, 0.29) is 17.1 Å². The summed E-state index contributed by atoms with van der Waals surface area (Å²) < 4.78 is 13.3. The van der Waals surface area contributed by atoms with Crippen molar-refractivity contribution in [1.82, 2.24) is 0 Å². The smallest absolute Gasteiger partial charge is 0.126 e. The Morgan fingerprint density at radius 1 is 1.50 bits per heavy atom. The number of alkyl halides is 1. The molecule has 2 heteroatoms. The second-order valence-electron chi connectivity index (χ2n) is 3.35. The molecule has 2 unspecified atom stereocenters. The fourth-order valence-electron chi connectivity index (χ4n) is 1.90. The number of fused-ring (bicyclic) bond motifs is 1. The molecule has 0 fully saturated rings. The normalized spacial score (nSPS) is 27.2. The van der Waals surface area contributed by atoms with Gasteiger partial charge < -0.3 is 0 Å². The van der Waals surface area contributed by atoms with Gasteiger partial charge >= 0.3 is 0 Å². The molecule has 12 heavy (non-hydrogen) atoms. The van der Waals surface area contributed by atoms with Gasteiger partial charge in [-0.25, -0.2) is 4.39 Å². The van der Waals surface area contributed by atoms with Gasteiger partial charge in [0.2, 0.25) is 0 Å². The Balaban J connectivity index is 2.59. The highest BCUT2D eigenvalue weighted by molar-refractivity contribution is 6.21. The van der Waals surface area contributed by atoms with Crippen molar-refractivity contribution in [2.45, 2.75) is 24.6 Å². The number of hydrogen-bond donors (Lipinski definition) is 0. The van der Waals surface area contributed by atoms with Crippen LogP contribution in [0.2, 0.25) is 0 Å². The maximum absolute atomic E-state index is 13.3. The molecule has 2 atom stereocenters. The van der Waals surface area contributed by atoms with Crippen LogP contribution in [0.3, 0.4) is 0 Å². The number of rotatable bonds is 0. The van der Waals surface area contributed by atoms with E-state index in [0.29, 0.717) is 0 Å². The molecule has 1 aromatic rings. The standard InChI is InChI=1S/C10H10ClF/c1-6-5-8(11)7-3-2-4-9(12)10(6)7/h2-4,6,8H,5H2,1H3. The minimum atomic E-state index is -0.108. The molecule has 64 valence electrons. The van der Waals surface area contributed by atoms with Crippen LogP contribution in [0.15, 0.2) is 18.2 Å². The summed E-state index contributed by atoms with van der Waals surface area (Å²) in [5.74, 6) is 0.159. The Bertz CT molecular complexity index is 309. The van der Waals surface area contributed by atoms with Gasteiger partial charge in [-0.15, -0.1) is 11.6 Å². The average molecular weight is 185 g/mol. The van der Waals surface area contributed by atoms with Crippen LogP contribution in [0.5, 0.6) is 0 Å². The molecule has 0 spiro atoms. The molecule has 0 amide bonds. The van der Waals surface area contributed by atoms with Crippen molar-refractivity contribution >= 4 is 11.6 Å². The first kappa shape index (κ1) is 8.06. The predicted molar refractivity (Wildman–Crippen MR) is 48.0 cm³/mol. The van der Waals surface area contributed by atoms with Gasteiger partial charge in [0, 0.05) is 0 Å². The van der Waals surface area contributed by atoms with E-state index in [1.54, 1.807) is 6.07 Å². The zero-order valence-electron chi connectivity index (χ0n) is 6.85. The zero-order valence-corrected chi connectivity index (χ0v) is 7.61. The van der Waals surface area contributed by atoms with Crippen LogP contribution in [0.4, 0.5) is 4.39 Å². The third-order valence-electron chi connectivity index (χ3n) is 2.48. The Morgan fingerprint density at radius 3 is 2.92 bits per heavy atom. The van der Waals surface area contributed by atoms with Crippen LogP contribution in [0.1, 0.15) is 35.8 Å².